The number of ketones is 1. The maximum absolute atomic E-state index is 12.7. The molecule has 0 aromatic heterocycles. The predicted octanol–water partition coefficient (Wildman–Crippen LogP) is 2.12. The number of aliphatic hydroxyl groups is 2. The molecule has 0 bridgehead atoms. The van der Waals surface area contributed by atoms with Gasteiger partial charge in [-0.15, -0.1) is 0 Å². The first-order valence-corrected chi connectivity index (χ1v) is 8.69. The fraction of sp³-hybridized carbons (Fsp3) is 0.238. The number of benzene rings is 2. The topological polar surface area (TPSA) is 96.3 Å². The molecule has 2 aromatic rings. The van der Waals surface area contributed by atoms with Crippen molar-refractivity contribution in [2.45, 2.75) is 6.04 Å². The number of β-amino-alcohol motifs (C(OH)–C–C–N with tert-alkyl or cyclic N) is 1. The van der Waals surface area contributed by atoms with Crippen LogP contribution in [0.4, 0.5) is 0 Å². The highest BCUT2D eigenvalue weighted by Crippen LogP contribution is 2.40. The van der Waals surface area contributed by atoms with E-state index in [1.54, 1.807) is 48.5 Å². The van der Waals surface area contributed by atoms with Crippen LogP contribution in [0.3, 0.4) is 0 Å². The lowest BCUT2D eigenvalue weighted by molar-refractivity contribution is -0.140. The van der Waals surface area contributed by atoms with E-state index in [0.717, 1.165) is 0 Å². The van der Waals surface area contributed by atoms with Gasteiger partial charge in [0.2, 0.25) is 0 Å². The van der Waals surface area contributed by atoms with Crippen molar-refractivity contribution in [3.8, 4) is 11.5 Å². The van der Waals surface area contributed by atoms with Crippen LogP contribution in [0.5, 0.6) is 11.5 Å². The van der Waals surface area contributed by atoms with Gasteiger partial charge in [-0.05, 0) is 42.0 Å². The van der Waals surface area contributed by atoms with Gasteiger partial charge < -0.3 is 24.6 Å². The molecule has 1 heterocycles. The van der Waals surface area contributed by atoms with Crippen molar-refractivity contribution < 1.29 is 29.3 Å². The van der Waals surface area contributed by atoms with Crippen molar-refractivity contribution in [2.24, 2.45) is 0 Å². The van der Waals surface area contributed by atoms with Crippen molar-refractivity contribution in [3.63, 3.8) is 0 Å². The average molecular weight is 383 g/mol. The number of methoxy groups -OCH3 is 2. The SMILES string of the molecule is COc1ccc(/C(O)=C2/C(=O)C(=O)N(CCO)C2c2cccc(OC)c2)cc1. The smallest absolute Gasteiger partial charge is 0.295 e. The second-order valence-corrected chi connectivity index (χ2v) is 6.22. The summed E-state index contributed by atoms with van der Waals surface area (Å²) in [6.45, 7) is -0.345. The number of ether oxygens (including phenoxy) is 2. The third-order valence-corrected chi connectivity index (χ3v) is 4.65. The Kier molecular flexibility index (Phi) is 5.65. The second-order valence-electron chi connectivity index (χ2n) is 6.22. The molecule has 0 saturated carbocycles. The maximum Gasteiger partial charge on any atom is 0.295 e. The summed E-state index contributed by atoms with van der Waals surface area (Å²) in [4.78, 5) is 26.5. The highest BCUT2D eigenvalue weighted by molar-refractivity contribution is 6.46. The number of amides is 1. The second kappa shape index (κ2) is 8.14. The summed E-state index contributed by atoms with van der Waals surface area (Å²) in [6.07, 6.45) is 0. The van der Waals surface area contributed by atoms with Crippen LogP contribution in [0, 0.1) is 0 Å². The Hall–Kier alpha value is -3.32. The Morgan fingerprint density at radius 1 is 1.04 bits per heavy atom. The van der Waals surface area contributed by atoms with Crippen LogP contribution in [-0.4, -0.2) is 54.2 Å². The molecule has 0 spiro atoms. The van der Waals surface area contributed by atoms with Crippen LogP contribution in [-0.2, 0) is 9.59 Å². The summed E-state index contributed by atoms with van der Waals surface area (Å²) in [6, 6.07) is 12.6. The van der Waals surface area contributed by atoms with Crippen LogP contribution in [0.15, 0.2) is 54.1 Å². The number of carbonyl (C=O) groups is 2. The van der Waals surface area contributed by atoms with Crippen molar-refractivity contribution in [1.29, 1.82) is 0 Å². The largest absolute Gasteiger partial charge is 0.507 e. The number of rotatable bonds is 6. The summed E-state index contributed by atoms with van der Waals surface area (Å²) < 4.78 is 10.3. The molecular weight excluding hydrogens is 362 g/mol. The lowest BCUT2D eigenvalue weighted by Crippen LogP contribution is -2.32. The fourth-order valence-electron chi connectivity index (χ4n) is 3.28. The maximum atomic E-state index is 12.7. The molecule has 146 valence electrons. The van der Waals surface area contributed by atoms with Crippen molar-refractivity contribution in [1.82, 2.24) is 4.90 Å². The molecule has 2 N–H and O–H groups in total. The van der Waals surface area contributed by atoms with Crippen molar-refractivity contribution in [2.75, 3.05) is 27.4 Å². The molecule has 7 heteroatoms. The minimum absolute atomic E-state index is 0.0307. The minimum Gasteiger partial charge on any atom is -0.507 e. The van der Waals surface area contributed by atoms with Gasteiger partial charge in [0.05, 0.1) is 32.4 Å². The zero-order valence-electron chi connectivity index (χ0n) is 15.6. The Labute approximate surface area is 162 Å². The zero-order valence-corrected chi connectivity index (χ0v) is 15.6. The van der Waals surface area contributed by atoms with E-state index in [1.807, 2.05) is 0 Å². The van der Waals surface area contributed by atoms with E-state index in [9.17, 15) is 19.8 Å². The van der Waals surface area contributed by atoms with Gasteiger partial charge in [-0.1, -0.05) is 12.1 Å². The minimum atomic E-state index is -0.829. The molecule has 1 aliphatic rings. The van der Waals surface area contributed by atoms with Gasteiger partial charge in [0.25, 0.3) is 11.7 Å². The molecule has 1 atom stereocenters. The van der Waals surface area contributed by atoms with Crippen molar-refractivity contribution in [3.05, 3.63) is 65.2 Å². The van der Waals surface area contributed by atoms with Gasteiger partial charge in [0, 0.05) is 12.1 Å². The predicted molar refractivity (Wildman–Crippen MR) is 102 cm³/mol. The number of nitrogens with zero attached hydrogens (tertiary/aromatic N) is 1. The first-order chi connectivity index (χ1) is 13.5. The zero-order chi connectivity index (χ0) is 20.3. The molecule has 0 radical (unpaired) electrons. The first-order valence-electron chi connectivity index (χ1n) is 8.69. The highest BCUT2D eigenvalue weighted by atomic mass is 16.5. The number of hydrogen-bond acceptors (Lipinski definition) is 6. The summed E-state index contributed by atoms with van der Waals surface area (Å²) in [5.41, 5.74) is 0.953. The Balaban J connectivity index is 2.16. The third-order valence-electron chi connectivity index (χ3n) is 4.65. The van der Waals surface area contributed by atoms with E-state index >= 15 is 0 Å². The molecule has 2 aromatic carbocycles. The number of Topliss-reactive ketones (excluding diaryl/α,β-unsaturated/α-hetero) is 1. The van der Waals surface area contributed by atoms with Crippen LogP contribution in [0.2, 0.25) is 0 Å². The van der Waals surface area contributed by atoms with Gasteiger partial charge in [0.15, 0.2) is 0 Å². The Morgan fingerprint density at radius 2 is 1.71 bits per heavy atom. The van der Waals surface area contributed by atoms with Gasteiger partial charge in [-0.2, -0.15) is 0 Å². The van der Waals surface area contributed by atoms with Crippen LogP contribution < -0.4 is 9.47 Å². The standard InChI is InChI=1S/C21H21NO6/c1-27-15-8-6-13(7-9-15)19(24)17-18(14-4-3-5-16(12-14)28-2)22(10-11-23)21(26)20(17)25/h3-9,12,18,23-24H,10-11H2,1-2H3/b19-17-. The van der Waals surface area contributed by atoms with Gasteiger partial charge >= 0.3 is 0 Å². The summed E-state index contributed by atoms with van der Waals surface area (Å²) in [5.74, 6) is -0.695. The molecule has 1 aliphatic heterocycles. The number of carbonyl (C=O) groups excluding carboxylic acids is 2. The van der Waals surface area contributed by atoms with Crippen LogP contribution in [0.25, 0.3) is 5.76 Å². The molecule has 28 heavy (non-hydrogen) atoms. The molecule has 1 fully saturated rings. The van der Waals surface area contributed by atoms with Crippen molar-refractivity contribution >= 4 is 17.4 Å². The van der Waals surface area contributed by atoms with Crippen LogP contribution in [0.1, 0.15) is 17.2 Å². The molecule has 7 nitrogen and oxygen atoms in total. The van der Waals surface area contributed by atoms with E-state index < -0.39 is 17.7 Å². The quantitative estimate of drug-likeness (QED) is 0.451. The monoisotopic (exact) mass is 383 g/mol. The number of aliphatic hydroxyl groups excluding tert-OH is 2. The molecular formula is C21H21NO6. The lowest BCUT2D eigenvalue weighted by atomic mass is 9.95. The van der Waals surface area contributed by atoms with E-state index in [-0.39, 0.29) is 24.5 Å². The molecule has 3 rings (SSSR count). The molecule has 1 amide bonds. The molecule has 1 unspecified atom stereocenters. The summed E-state index contributed by atoms with van der Waals surface area (Å²) in [5, 5.41) is 20.2. The van der Waals surface area contributed by atoms with Gasteiger partial charge in [-0.3, -0.25) is 9.59 Å². The third kappa shape index (κ3) is 3.44. The van der Waals surface area contributed by atoms with Crippen LogP contribution >= 0.6 is 0 Å². The molecule has 1 saturated heterocycles. The van der Waals surface area contributed by atoms with E-state index in [1.165, 1.54) is 19.1 Å². The van der Waals surface area contributed by atoms with E-state index in [4.69, 9.17) is 9.47 Å². The Bertz CT molecular complexity index is 919. The first kappa shape index (κ1) is 19.4. The Morgan fingerprint density at radius 3 is 2.32 bits per heavy atom. The summed E-state index contributed by atoms with van der Waals surface area (Å²) >= 11 is 0. The fourth-order valence-corrected chi connectivity index (χ4v) is 3.28. The number of hydrogen-bond donors (Lipinski definition) is 2. The van der Waals surface area contributed by atoms with Gasteiger partial charge in [0.1, 0.15) is 17.3 Å². The summed E-state index contributed by atoms with van der Waals surface area (Å²) in [7, 11) is 3.04. The number of likely N-dealkylation sites (tertiary alicyclic amines) is 1. The van der Waals surface area contributed by atoms with E-state index in [2.05, 4.69) is 0 Å². The van der Waals surface area contributed by atoms with Gasteiger partial charge in [-0.25, -0.2) is 0 Å². The lowest BCUT2D eigenvalue weighted by Gasteiger charge is -2.24. The normalized spacial score (nSPS) is 18.4. The average Bonchev–Trinajstić information content (AvgIpc) is 2.98. The van der Waals surface area contributed by atoms with E-state index in [0.29, 0.717) is 22.6 Å². The molecule has 0 aliphatic carbocycles. The highest BCUT2D eigenvalue weighted by Gasteiger charge is 2.45.